The fraction of sp³-hybridized carbons (Fsp3) is 0.185. The minimum atomic E-state index is -2.13. The molecule has 2 fully saturated rings. The molecule has 2 saturated heterocycles. The molecule has 1 spiro atoms. The molecule has 0 N–H and O–H groups in total. The Labute approximate surface area is 209 Å². The molecule has 0 bridgehead atoms. The number of Topliss-reactive ketones (excluding diaryl/α,β-unsaturated/α-hetero) is 2. The van der Waals surface area contributed by atoms with Crippen LogP contribution in [0.15, 0.2) is 66.7 Å². The molecule has 36 heavy (non-hydrogen) atoms. The van der Waals surface area contributed by atoms with E-state index >= 15 is 0 Å². The number of rotatable bonds is 2. The summed E-state index contributed by atoms with van der Waals surface area (Å²) in [6.07, 6.45) is -1.01. The summed E-state index contributed by atoms with van der Waals surface area (Å²) >= 11 is 6.06. The number of hydrogen-bond donors (Lipinski definition) is 0. The van der Waals surface area contributed by atoms with Crippen molar-refractivity contribution in [2.75, 3.05) is 11.7 Å². The van der Waals surface area contributed by atoms with Crippen molar-refractivity contribution in [3.63, 3.8) is 0 Å². The SMILES string of the molecule is O=C1[C@H]2[C@@H](C(=O)N1c1ccc3c(c1)OCO3)C1(O[C@H]2c2ccc(Cl)cc2)C(=O)c2ccccc2C1=O. The lowest BCUT2D eigenvalue weighted by atomic mass is 9.77. The Kier molecular flexibility index (Phi) is 4.29. The quantitative estimate of drug-likeness (QED) is 0.389. The lowest BCUT2D eigenvalue weighted by molar-refractivity contribution is -0.127. The first-order chi connectivity index (χ1) is 17.4. The molecule has 3 aliphatic heterocycles. The molecule has 178 valence electrons. The van der Waals surface area contributed by atoms with Gasteiger partial charge in [0.2, 0.25) is 35.8 Å². The number of benzene rings is 3. The highest BCUT2D eigenvalue weighted by molar-refractivity contribution is 6.37. The van der Waals surface area contributed by atoms with Crippen LogP contribution in [0.3, 0.4) is 0 Å². The highest BCUT2D eigenvalue weighted by Crippen LogP contribution is 2.58. The molecule has 4 aliphatic rings. The Balaban J connectivity index is 1.40. The summed E-state index contributed by atoms with van der Waals surface area (Å²) in [5, 5.41) is 0.472. The maximum atomic E-state index is 14.0. The maximum Gasteiger partial charge on any atom is 0.241 e. The topological polar surface area (TPSA) is 99.2 Å². The zero-order valence-corrected chi connectivity index (χ0v) is 19.2. The average Bonchev–Trinajstić information content (AvgIpc) is 3.61. The minimum absolute atomic E-state index is 0.0305. The highest BCUT2D eigenvalue weighted by Gasteiger charge is 2.74. The molecular formula is C27H16ClNO7. The van der Waals surface area contributed by atoms with Crippen LogP contribution in [0.25, 0.3) is 0 Å². The molecule has 0 unspecified atom stereocenters. The van der Waals surface area contributed by atoms with Crippen LogP contribution < -0.4 is 14.4 Å². The van der Waals surface area contributed by atoms with Gasteiger partial charge in [0.25, 0.3) is 0 Å². The fourth-order valence-corrected chi connectivity index (χ4v) is 5.88. The van der Waals surface area contributed by atoms with E-state index in [0.717, 1.165) is 4.90 Å². The molecule has 0 saturated carbocycles. The van der Waals surface area contributed by atoms with Gasteiger partial charge in [0.05, 0.1) is 23.6 Å². The maximum absolute atomic E-state index is 14.0. The van der Waals surface area contributed by atoms with Gasteiger partial charge in [0, 0.05) is 22.2 Å². The van der Waals surface area contributed by atoms with Gasteiger partial charge in [-0.05, 0) is 29.8 Å². The molecule has 3 aromatic carbocycles. The second kappa shape index (κ2) is 7.25. The van der Waals surface area contributed by atoms with Crippen molar-refractivity contribution in [1.82, 2.24) is 0 Å². The van der Waals surface area contributed by atoms with Gasteiger partial charge in [-0.1, -0.05) is 48.0 Å². The summed E-state index contributed by atoms with van der Waals surface area (Å²) < 4.78 is 17.0. The van der Waals surface area contributed by atoms with E-state index in [9.17, 15) is 19.2 Å². The van der Waals surface area contributed by atoms with Crippen molar-refractivity contribution in [3.05, 3.63) is 88.4 Å². The summed E-state index contributed by atoms with van der Waals surface area (Å²) in [6, 6.07) is 17.7. The third kappa shape index (κ3) is 2.57. The molecule has 2 amide bonds. The number of carbonyl (C=O) groups is 4. The third-order valence-electron chi connectivity index (χ3n) is 7.33. The number of anilines is 1. The van der Waals surface area contributed by atoms with Gasteiger partial charge in [-0.2, -0.15) is 0 Å². The summed E-state index contributed by atoms with van der Waals surface area (Å²) in [5.74, 6) is -3.98. The van der Waals surface area contributed by atoms with Crippen LogP contribution >= 0.6 is 11.6 Å². The van der Waals surface area contributed by atoms with E-state index in [-0.39, 0.29) is 23.6 Å². The van der Waals surface area contributed by atoms with Crippen LogP contribution in [-0.4, -0.2) is 35.8 Å². The average molecular weight is 502 g/mol. The van der Waals surface area contributed by atoms with Crippen molar-refractivity contribution in [1.29, 1.82) is 0 Å². The number of ketones is 2. The summed E-state index contributed by atoms with van der Waals surface area (Å²) in [7, 11) is 0. The highest BCUT2D eigenvalue weighted by atomic mass is 35.5. The van der Waals surface area contributed by atoms with E-state index < -0.39 is 46.9 Å². The van der Waals surface area contributed by atoms with Gasteiger partial charge in [0.15, 0.2) is 11.5 Å². The largest absolute Gasteiger partial charge is 0.454 e. The number of imide groups is 1. The standard InChI is InChI=1S/C27H16ClNO7/c28-14-7-5-13(6-8-14)22-20-21(27(36-22)23(30)16-3-1-2-4-17(16)24(27)31)26(33)29(25(20)32)15-9-10-18-19(11-15)35-12-34-18/h1-11,20-22H,12H2/t20-,21-,22-/m0/s1. The number of ether oxygens (including phenoxy) is 3. The molecule has 9 heteroatoms. The molecule has 3 atom stereocenters. The first-order valence-electron chi connectivity index (χ1n) is 11.3. The van der Waals surface area contributed by atoms with Crippen LogP contribution in [0, 0.1) is 11.8 Å². The normalized spacial score (nSPS) is 25.1. The van der Waals surface area contributed by atoms with E-state index in [4.69, 9.17) is 25.8 Å². The number of nitrogens with zero attached hydrogens (tertiary/aromatic N) is 1. The Bertz CT molecular complexity index is 1480. The number of hydrogen-bond acceptors (Lipinski definition) is 7. The van der Waals surface area contributed by atoms with Gasteiger partial charge >= 0.3 is 0 Å². The molecule has 3 heterocycles. The first-order valence-corrected chi connectivity index (χ1v) is 11.7. The Hall–Kier alpha value is -4.01. The Morgan fingerprint density at radius 2 is 1.47 bits per heavy atom. The van der Waals surface area contributed by atoms with Crippen LogP contribution in [-0.2, 0) is 14.3 Å². The van der Waals surface area contributed by atoms with Crippen LogP contribution in [0.4, 0.5) is 5.69 Å². The molecule has 3 aromatic rings. The summed E-state index contributed by atoms with van der Waals surface area (Å²) in [6.45, 7) is 0.0305. The molecular weight excluding hydrogens is 486 g/mol. The van der Waals surface area contributed by atoms with E-state index in [0.29, 0.717) is 22.1 Å². The van der Waals surface area contributed by atoms with Crippen molar-refractivity contribution in [2.24, 2.45) is 11.8 Å². The molecule has 0 aromatic heterocycles. The van der Waals surface area contributed by atoms with Crippen LogP contribution in [0.2, 0.25) is 5.02 Å². The summed E-state index contributed by atoms with van der Waals surface area (Å²) in [4.78, 5) is 56.4. The van der Waals surface area contributed by atoms with Gasteiger partial charge in [0.1, 0.15) is 0 Å². The van der Waals surface area contributed by atoms with Gasteiger partial charge in [-0.15, -0.1) is 0 Å². The van der Waals surface area contributed by atoms with E-state index in [1.165, 1.54) is 18.2 Å². The van der Waals surface area contributed by atoms with E-state index in [2.05, 4.69) is 0 Å². The van der Waals surface area contributed by atoms with Crippen LogP contribution in [0.5, 0.6) is 11.5 Å². The van der Waals surface area contributed by atoms with Crippen molar-refractivity contribution in [3.8, 4) is 11.5 Å². The Morgan fingerprint density at radius 1 is 0.806 bits per heavy atom. The minimum Gasteiger partial charge on any atom is -0.454 e. The predicted octanol–water partition coefficient (Wildman–Crippen LogP) is 3.76. The van der Waals surface area contributed by atoms with Crippen molar-refractivity contribution < 1.29 is 33.4 Å². The van der Waals surface area contributed by atoms with Gasteiger partial charge in [-0.25, -0.2) is 4.90 Å². The van der Waals surface area contributed by atoms with Crippen molar-refractivity contribution >= 4 is 40.7 Å². The number of carbonyl (C=O) groups excluding carboxylic acids is 4. The number of amides is 2. The van der Waals surface area contributed by atoms with Gasteiger partial charge < -0.3 is 14.2 Å². The second-order valence-corrected chi connectivity index (χ2v) is 9.52. The van der Waals surface area contributed by atoms with E-state index in [1.54, 1.807) is 48.5 Å². The molecule has 7 rings (SSSR count). The van der Waals surface area contributed by atoms with E-state index in [1.807, 2.05) is 0 Å². The lowest BCUT2D eigenvalue weighted by Crippen LogP contribution is -2.51. The molecule has 0 radical (unpaired) electrons. The molecule has 1 aliphatic carbocycles. The third-order valence-corrected chi connectivity index (χ3v) is 7.58. The Morgan fingerprint density at radius 3 is 2.17 bits per heavy atom. The second-order valence-electron chi connectivity index (χ2n) is 9.08. The zero-order valence-electron chi connectivity index (χ0n) is 18.5. The smallest absolute Gasteiger partial charge is 0.241 e. The number of fused-ring (bicyclic) bond motifs is 4. The molecule has 8 nitrogen and oxygen atoms in total. The van der Waals surface area contributed by atoms with Crippen molar-refractivity contribution in [2.45, 2.75) is 11.7 Å². The first kappa shape index (κ1) is 21.3. The lowest BCUT2D eigenvalue weighted by Gasteiger charge is -2.27. The zero-order chi connectivity index (χ0) is 24.8. The summed E-state index contributed by atoms with van der Waals surface area (Å²) in [5.41, 5.74) is -0.962. The van der Waals surface area contributed by atoms with Gasteiger partial charge in [-0.3, -0.25) is 19.2 Å². The monoisotopic (exact) mass is 501 g/mol. The number of halogens is 1. The fourth-order valence-electron chi connectivity index (χ4n) is 5.75. The predicted molar refractivity (Wildman–Crippen MR) is 125 cm³/mol. The van der Waals surface area contributed by atoms with Crippen LogP contribution in [0.1, 0.15) is 32.4 Å².